The standard InChI is InChI=1S/C38H26.C28H22O2.2C28H22/c1-3-15-27(16-4-1)29-19-7-9-21-31(29)37-33-23-11-13-25-35(33)38(36-26-14-12-24-34(36)37)32-22-10-8-20-30(32)28-17-5-2-6-18-28;1-29-25-17-9-7-15-23(25)27-19-11-3-5-13-21(19)28(22-14-6-4-12-20(22)27)24-16-8-10-18-26(24)30-2;2*1-19-11-3-5-13-21(19)27-23-15-7-9-17-25(23)28(22-14-6-4-12-20(22)2)26-18-10-8-16-24(26)27/h1-26H;3-18H,1-2H3;2*3-18H,1-2H3. The van der Waals surface area contributed by atoms with Crippen molar-refractivity contribution >= 4 is 86.2 Å². The van der Waals surface area contributed by atoms with Crippen LogP contribution in [0.1, 0.15) is 22.3 Å². The Labute approximate surface area is 726 Å². The van der Waals surface area contributed by atoms with Gasteiger partial charge in [-0.1, -0.05) is 437 Å². The first-order valence-corrected chi connectivity index (χ1v) is 42.8. The number of ether oxygens (including phenoxy) is 2. The lowest BCUT2D eigenvalue weighted by atomic mass is 9.82. The molecule has 2 heteroatoms. The van der Waals surface area contributed by atoms with Crippen molar-refractivity contribution in [1.29, 1.82) is 0 Å². The molecule has 0 fully saturated rings. The SMILES string of the molecule is COc1ccccc1-c1c2ccccc2c(-c2ccccc2OC)c2ccccc12.Cc1ccccc1-c1c2ccccc2c(-c2ccccc2C)c2ccccc12.Cc1ccccc1-c1c2ccccc2c(-c2ccccc2C)c2ccccc12.c1ccc(-c2ccccc2-c2c3ccccc3c(-c3ccccc3-c3ccccc3)c3ccccc23)cc1. The maximum Gasteiger partial charge on any atom is 0.126 e. The van der Waals surface area contributed by atoms with Crippen LogP contribution in [0, 0.1) is 27.7 Å². The Balaban J connectivity index is 0.000000109. The van der Waals surface area contributed by atoms with Gasteiger partial charge in [-0.25, -0.2) is 0 Å². The van der Waals surface area contributed by atoms with E-state index in [4.69, 9.17) is 9.47 Å². The summed E-state index contributed by atoms with van der Waals surface area (Å²) in [6.07, 6.45) is 0. The molecule has 0 radical (unpaired) electrons. The molecule has 124 heavy (non-hydrogen) atoms. The van der Waals surface area contributed by atoms with E-state index < -0.39 is 0 Å². The first-order valence-electron chi connectivity index (χ1n) is 42.8. The number of hydrogen-bond donors (Lipinski definition) is 0. The van der Waals surface area contributed by atoms with Crippen molar-refractivity contribution in [2.45, 2.75) is 27.7 Å². The maximum absolute atomic E-state index is 5.73. The van der Waals surface area contributed by atoms with Gasteiger partial charge < -0.3 is 9.47 Å². The van der Waals surface area contributed by atoms with Gasteiger partial charge in [-0.05, 0) is 237 Å². The van der Waals surface area contributed by atoms with E-state index in [-0.39, 0.29) is 0 Å². The average Bonchev–Trinajstić information content (AvgIpc) is 0.746. The highest BCUT2D eigenvalue weighted by atomic mass is 16.5. The van der Waals surface area contributed by atoms with E-state index in [9.17, 15) is 0 Å². The van der Waals surface area contributed by atoms with E-state index in [0.29, 0.717) is 0 Å². The van der Waals surface area contributed by atoms with Gasteiger partial charge in [0.1, 0.15) is 11.5 Å². The van der Waals surface area contributed by atoms with Crippen LogP contribution in [0.2, 0.25) is 0 Å². The van der Waals surface area contributed by atoms with Gasteiger partial charge in [-0.2, -0.15) is 0 Å². The van der Waals surface area contributed by atoms with Crippen LogP contribution in [0.15, 0.2) is 449 Å². The zero-order valence-corrected chi connectivity index (χ0v) is 70.5. The minimum absolute atomic E-state index is 0.873. The third-order valence-electron chi connectivity index (χ3n) is 24.7. The van der Waals surface area contributed by atoms with E-state index >= 15 is 0 Å². The van der Waals surface area contributed by atoms with E-state index in [2.05, 4.69) is 452 Å². The van der Waals surface area contributed by atoms with Gasteiger partial charge in [0.05, 0.1) is 14.2 Å². The van der Waals surface area contributed by atoms with Crippen molar-refractivity contribution < 1.29 is 9.47 Å². The van der Waals surface area contributed by atoms with Gasteiger partial charge in [-0.3, -0.25) is 0 Å². The maximum atomic E-state index is 5.73. The quantitative estimate of drug-likeness (QED) is 0.114. The molecule has 0 spiro atoms. The molecule has 2 nitrogen and oxygen atoms in total. The highest BCUT2D eigenvalue weighted by molar-refractivity contribution is 6.27. The Bertz CT molecular complexity index is 6850. The van der Waals surface area contributed by atoms with Crippen molar-refractivity contribution in [1.82, 2.24) is 0 Å². The van der Waals surface area contributed by atoms with Gasteiger partial charge in [0.25, 0.3) is 0 Å². The minimum Gasteiger partial charge on any atom is -0.496 e. The molecule has 0 saturated heterocycles. The van der Waals surface area contributed by atoms with Crippen molar-refractivity contribution in [3.8, 4) is 123 Å². The van der Waals surface area contributed by atoms with Crippen molar-refractivity contribution in [3.05, 3.63) is 471 Å². The van der Waals surface area contributed by atoms with Crippen LogP contribution in [0.4, 0.5) is 0 Å². The van der Waals surface area contributed by atoms with Crippen LogP contribution >= 0.6 is 0 Å². The molecule has 0 N–H and O–H groups in total. The predicted molar refractivity (Wildman–Crippen MR) is 532 cm³/mol. The Morgan fingerprint density at radius 3 is 0.452 bits per heavy atom. The smallest absolute Gasteiger partial charge is 0.126 e. The third-order valence-corrected chi connectivity index (χ3v) is 24.7. The topological polar surface area (TPSA) is 18.5 Å². The van der Waals surface area contributed by atoms with Crippen LogP contribution in [-0.2, 0) is 0 Å². The van der Waals surface area contributed by atoms with Crippen LogP contribution in [0.25, 0.3) is 197 Å². The summed E-state index contributed by atoms with van der Waals surface area (Å²) < 4.78 is 11.5. The highest BCUT2D eigenvalue weighted by Crippen LogP contribution is 2.52. The molecule has 0 aromatic heterocycles. The van der Waals surface area contributed by atoms with Gasteiger partial charge in [0.15, 0.2) is 0 Å². The Morgan fingerprint density at radius 1 is 0.121 bits per heavy atom. The average molecular weight is 1590 g/mol. The molecule has 0 saturated carbocycles. The third kappa shape index (κ3) is 14.7. The number of benzene rings is 22. The summed E-state index contributed by atoms with van der Waals surface area (Å²) in [5.74, 6) is 1.75. The van der Waals surface area contributed by atoms with Gasteiger partial charge in [0, 0.05) is 22.3 Å². The molecule has 22 rings (SSSR count). The molecule has 592 valence electrons. The summed E-state index contributed by atoms with van der Waals surface area (Å²) in [5.41, 5.74) is 30.4. The monoisotopic (exact) mass is 1590 g/mol. The number of aryl methyl sites for hydroxylation is 4. The Morgan fingerprint density at radius 2 is 0.258 bits per heavy atom. The lowest BCUT2D eigenvalue weighted by Crippen LogP contribution is -1.94. The number of fused-ring (bicyclic) bond motifs is 8. The fraction of sp³-hybridized carbons (Fsp3) is 0.0492. The molecule has 0 heterocycles. The summed E-state index contributed by atoms with van der Waals surface area (Å²) in [5, 5.41) is 20.4. The lowest BCUT2D eigenvalue weighted by Gasteiger charge is -2.21. The van der Waals surface area contributed by atoms with Gasteiger partial charge in [-0.15, -0.1) is 0 Å². The van der Waals surface area contributed by atoms with Crippen LogP contribution in [0.5, 0.6) is 11.5 Å². The summed E-state index contributed by atoms with van der Waals surface area (Å²) in [4.78, 5) is 0. The number of rotatable bonds is 12. The molecular formula is C122H92O2. The molecule has 0 bridgehead atoms. The number of methoxy groups -OCH3 is 2. The first-order chi connectivity index (χ1) is 61.2. The number of para-hydroxylation sites is 2. The molecule has 0 atom stereocenters. The van der Waals surface area contributed by atoms with Crippen LogP contribution in [0.3, 0.4) is 0 Å². The first kappa shape index (κ1) is 78.4. The van der Waals surface area contributed by atoms with Crippen LogP contribution < -0.4 is 9.47 Å². The lowest BCUT2D eigenvalue weighted by molar-refractivity contribution is 0.416. The van der Waals surface area contributed by atoms with Crippen molar-refractivity contribution in [2.24, 2.45) is 0 Å². The molecule has 0 unspecified atom stereocenters. The zero-order chi connectivity index (χ0) is 84.0. The zero-order valence-electron chi connectivity index (χ0n) is 70.5. The summed E-state index contributed by atoms with van der Waals surface area (Å²) in [6, 6.07) is 161. The molecule has 0 aliphatic heterocycles. The molecule has 22 aromatic carbocycles. The highest BCUT2D eigenvalue weighted by Gasteiger charge is 2.25. The Kier molecular flexibility index (Phi) is 22.2. The fourth-order valence-corrected chi connectivity index (χ4v) is 19.1. The molecule has 0 aliphatic carbocycles. The molecule has 22 aromatic rings. The molecular weight excluding hydrogens is 1500 g/mol. The van der Waals surface area contributed by atoms with E-state index in [1.165, 1.54) is 209 Å². The minimum atomic E-state index is 0.873. The molecule has 0 amide bonds. The second-order valence-electron chi connectivity index (χ2n) is 31.8. The van der Waals surface area contributed by atoms with E-state index in [1.54, 1.807) is 14.2 Å². The Hall–Kier alpha value is -15.5. The fourth-order valence-electron chi connectivity index (χ4n) is 19.1. The van der Waals surface area contributed by atoms with E-state index in [1.807, 2.05) is 24.3 Å². The van der Waals surface area contributed by atoms with Crippen molar-refractivity contribution in [2.75, 3.05) is 14.2 Å². The second-order valence-corrected chi connectivity index (χ2v) is 31.8. The van der Waals surface area contributed by atoms with Gasteiger partial charge >= 0.3 is 0 Å². The largest absolute Gasteiger partial charge is 0.496 e. The van der Waals surface area contributed by atoms with Gasteiger partial charge in [0.2, 0.25) is 0 Å². The summed E-state index contributed by atoms with van der Waals surface area (Å²) >= 11 is 0. The van der Waals surface area contributed by atoms with Crippen molar-refractivity contribution in [3.63, 3.8) is 0 Å². The summed E-state index contributed by atoms with van der Waals surface area (Å²) in [6.45, 7) is 8.81. The second kappa shape index (κ2) is 35.1. The van der Waals surface area contributed by atoms with E-state index in [0.717, 1.165) is 22.6 Å². The summed E-state index contributed by atoms with van der Waals surface area (Å²) in [7, 11) is 3.46. The number of hydrogen-bond acceptors (Lipinski definition) is 2. The predicted octanol–water partition coefficient (Wildman–Crippen LogP) is 33.9. The molecule has 0 aliphatic rings. The normalized spacial score (nSPS) is 11.1. The van der Waals surface area contributed by atoms with Crippen LogP contribution in [-0.4, -0.2) is 14.2 Å².